The quantitative estimate of drug-likeness (QED) is 0.792. The van der Waals surface area contributed by atoms with Crippen molar-refractivity contribution in [3.8, 4) is 5.75 Å². The van der Waals surface area contributed by atoms with Crippen LogP contribution in [0.5, 0.6) is 5.75 Å². The molecule has 1 aromatic rings. The standard InChI is InChI=1S/C8H11NO4S/c1-12-8-5-3-2-4-7(8)6-13-14(9,10)11/h2-5H,6H2,1H3,(H2,9,10,11). The lowest BCUT2D eigenvalue weighted by Gasteiger charge is -2.06. The van der Waals surface area contributed by atoms with Gasteiger partial charge in [-0.15, -0.1) is 0 Å². The highest BCUT2D eigenvalue weighted by molar-refractivity contribution is 7.84. The summed E-state index contributed by atoms with van der Waals surface area (Å²) in [6.45, 7) is -0.122. The number of para-hydroxylation sites is 1. The van der Waals surface area contributed by atoms with Crippen molar-refractivity contribution >= 4 is 10.3 Å². The zero-order valence-electron chi connectivity index (χ0n) is 7.64. The average Bonchev–Trinajstić information content (AvgIpc) is 2.14. The molecule has 0 aliphatic carbocycles. The molecule has 0 amide bonds. The van der Waals surface area contributed by atoms with Crippen LogP contribution in [-0.4, -0.2) is 15.5 Å². The van der Waals surface area contributed by atoms with Crippen molar-refractivity contribution in [1.29, 1.82) is 0 Å². The Kier molecular flexibility index (Phi) is 3.45. The van der Waals surface area contributed by atoms with E-state index < -0.39 is 10.3 Å². The van der Waals surface area contributed by atoms with E-state index in [2.05, 4.69) is 9.32 Å². The molecule has 0 aromatic heterocycles. The summed E-state index contributed by atoms with van der Waals surface area (Å²) in [6.07, 6.45) is 0. The molecule has 0 heterocycles. The molecule has 0 aliphatic rings. The van der Waals surface area contributed by atoms with Gasteiger partial charge in [0.1, 0.15) is 5.75 Å². The molecule has 2 N–H and O–H groups in total. The zero-order valence-corrected chi connectivity index (χ0v) is 8.45. The first-order chi connectivity index (χ1) is 6.53. The molecule has 0 bridgehead atoms. The summed E-state index contributed by atoms with van der Waals surface area (Å²) < 4.78 is 30.5. The molecule has 0 aliphatic heterocycles. The average molecular weight is 217 g/mol. The lowest BCUT2D eigenvalue weighted by Crippen LogP contribution is -2.15. The predicted octanol–water partition coefficient (Wildman–Crippen LogP) is 0.415. The van der Waals surface area contributed by atoms with Crippen LogP contribution in [0.2, 0.25) is 0 Å². The number of hydrogen-bond donors (Lipinski definition) is 1. The summed E-state index contributed by atoms with van der Waals surface area (Å²) in [5.74, 6) is 0.566. The Morgan fingerprint density at radius 2 is 2.00 bits per heavy atom. The van der Waals surface area contributed by atoms with Gasteiger partial charge in [0.15, 0.2) is 0 Å². The second-order valence-electron chi connectivity index (χ2n) is 2.57. The van der Waals surface area contributed by atoms with Gasteiger partial charge in [-0.25, -0.2) is 5.14 Å². The van der Waals surface area contributed by atoms with Gasteiger partial charge < -0.3 is 4.74 Å². The van der Waals surface area contributed by atoms with Crippen molar-refractivity contribution in [3.05, 3.63) is 29.8 Å². The molecule has 0 unspecified atom stereocenters. The third kappa shape index (κ3) is 3.33. The van der Waals surface area contributed by atoms with Gasteiger partial charge in [-0.05, 0) is 6.07 Å². The maximum atomic E-state index is 10.5. The van der Waals surface area contributed by atoms with E-state index in [-0.39, 0.29) is 6.61 Å². The van der Waals surface area contributed by atoms with Crippen molar-refractivity contribution in [1.82, 2.24) is 0 Å². The molecule has 78 valence electrons. The van der Waals surface area contributed by atoms with Crippen molar-refractivity contribution in [2.24, 2.45) is 5.14 Å². The first-order valence-electron chi connectivity index (χ1n) is 3.82. The van der Waals surface area contributed by atoms with Crippen LogP contribution in [0.3, 0.4) is 0 Å². The summed E-state index contributed by atoms with van der Waals surface area (Å²) in [5, 5.41) is 4.68. The van der Waals surface area contributed by atoms with Gasteiger partial charge in [0, 0.05) is 5.56 Å². The minimum atomic E-state index is -3.90. The van der Waals surface area contributed by atoms with Gasteiger partial charge in [-0.2, -0.15) is 8.42 Å². The van der Waals surface area contributed by atoms with E-state index in [1.54, 1.807) is 24.3 Å². The summed E-state index contributed by atoms with van der Waals surface area (Å²) in [4.78, 5) is 0. The summed E-state index contributed by atoms with van der Waals surface area (Å²) >= 11 is 0. The van der Waals surface area contributed by atoms with Crippen LogP contribution in [0.25, 0.3) is 0 Å². The van der Waals surface area contributed by atoms with Crippen molar-refractivity contribution in [2.45, 2.75) is 6.61 Å². The molecule has 0 radical (unpaired) electrons. The van der Waals surface area contributed by atoms with E-state index in [0.717, 1.165) is 0 Å². The third-order valence-corrected chi connectivity index (χ3v) is 2.02. The van der Waals surface area contributed by atoms with E-state index in [9.17, 15) is 8.42 Å². The number of nitrogens with two attached hydrogens (primary N) is 1. The number of rotatable bonds is 4. The number of methoxy groups -OCH3 is 1. The fourth-order valence-electron chi connectivity index (χ4n) is 0.968. The molecule has 1 aromatic carbocycles. The highest BCUT2D eigenvalue weighted by atomic mass is 32.2. The van der Waals surface area contributed by atoms with Crippen LogP contribution >= 0.6 is 0 Å². The molecule has 0 spiro atoms. The molecule has 0 atom stereocenters. The van der Waals surface area contributed by atoms with E-state index in [1.807, 2.05) is 0 Å². The Morgan fingerprint density at radius 1 is 1.36 bits per heavy atom. The summed E-state index contributed by atoms with van der Waals surface area (Å²) in [7, 11) is -2.41. The maximum absolute atomic E-state index is 10.5. The van der Waals surface area contributed by atoms with E-state index in [0.29, 0.717) is 11.3 Å². The Balaban J connectivity index is 2.76. The SMILES string of the molecule is COc1ccccc1COS(N)(=O)=O. The fraction of sp³-hybridized carbons (Fsp3) is 0.250. The van der Waals surface area contributed by atoms with Crippen LogP contribution in [-0.2, 0) is 21.1 Å². The van der Waals surface area contributed by atoms with E-state index in [1.165, 1.54) is 7.11 Å². The molecule has 0 fully saturated rings. The molecular weight excluding hydrogens is 206 g/mol. The second-order valence-corrected chi connectivity index (χ2v) is 3.79. The highest BCUT2D eigenvalue weighted by Crippen LogP contribution is 2.18. The second kappa shape index (κ2) is 4.41. The first kappa shape index (κ1) is 11.0. The lowest BCUT2D eigenvalue weighted by molar-refractivity contribution is 0.300. The molecule has 5 nitrogen and oxygen atoms in total. The first-order valence-corrected chi connectivity index (χ1v) is 5.29. The third-order valence-electron chi connectivity index (χ3n) is 1.57. The molecule has 6 heteroatoms. The number of benzene rings is 1. The van der Waals surface area contributed by atoms with Crippen LogP contribution in [0.1, 0.15) is 5.56 Å². The minimum Gasteiger partial charge on any atom is -0.496 e. The summed E-state index contributed by atoms with van der Waals surface area (Å²) in [6, 6.07) is 6.94. The van der Waals surface area contributed by atoms with Crippen LogP contribution in [0, 0.1) is 0 Å². The number of hydrogen-bond acceptors (Lipinski definition) is 4. The van der Waals surface area contributed by atoms with Gasteiger partial charge in [0.25, 0.3) is 0 Å². The van der Waals surface area contributed by atoms with Gasteiger partial charge in [-0.3, -0.25) is 4.18 Å². The van der Waals surface area contributed by atoms with Gasteiger partial charge in [0.05, 0.1) is 13.7 Å². The molecule has 14 heavy (non-hydrogen) atoms. The smallest absolute Gasteiger partial charge is 0.333 e. The lowest BCUT2D eigenvalue weighted by atomic mass is 10.2. The number of ether oxygens (including phenoxy) is 1. The molecular formula is C8H11NO4S. The highest BCUT2D eigenvalue weighted by Gasteiger charge is 2.06. The predicted molar refractivity (Wildman–Crippen MR) is 50.9 cm³/mol. The Hall–Kier alpha value is -1.11. The van der Waals surface area contributed by atoms with Crippen molar-refractivity contribution in [2.75, 3.05) is 7.11 Å². The topological polar surface area (TPSA) is 78.6 Å². The zero-order chi connectivity index (χ0) is 10.6. The maximum Gasteiger partial charge on any atom is 0.333 e. The Bertz CT molecular complexity index is 402. The minimum absolute atomic E-state index is 0.122. The monoisotopic (exact) mass is 217 g/mol. The Morgan fingerprint density at radius 3 is 2.57 bits per heavy atom. The molecule has 0 saturated heterocycles. The normalized spacial score (nSPS) is 11.3. The van der Waals surface area contributed by atoms with Crippen molar-refractivity contribution in [3.63, 3.8) is 0 Å². The van der Waals surface area contributed by atoms with Crippen LogP contribution in [0.4, 0.5) is 0 Å². The molecule has 1 rings (SSSR count). The van der Waals surface area contributed by atoms with Crippen molar-refractivity contribution < 1.29 is 17.3 Å². The van der Waals surface area contributed by atoms with E-state index >= 15 is 0 Å². The largest absolute Gasteiger partial charge is 0.496 e. The van der Waals surface area contributed by atoms with Crippen LogP contribution in [0.15, 0.2) is 24.3 Å². The van der Waals surface area contributed by atoms with Crippen LogP contribution < -0.4 is 9.88 Å². The molecule has 0 saturated carbocycles. The fourth-order valence-corrected chi connectivity index (χ4v) is 1.26. The Labute approximate surface area is 82.7 Å². The van der Waals surface area contributed by atoms with Gasteiger partial charge in [0.2, 0.25) is 0 Å². The van der Waals surface area contributed by atoms with Gasteiger partial charge >= 0.3 is 10.3 Å². The van der Waals surface area contributed by atoms with Gasteiger partial charge in [-0.1, -0.05) is 18.2 Å². The summed E-state index contributed by atoms with van der Waals surface area (Å²) in [5.41, 5.74) is 0.629. The van der Waals surface area contributed by atoms with E-state index in [4.69, 9.17) is 4.74 Å².